The number of rotatable bonds is 6. The van der Waals surface area contributed by atoms with Crippen LogP contribution >= 0.6 is 22.9 Å². The van der Waals surface area contributed by atoms with Crippen LogP contribution in [0.15, 0.2) is 30.5 Å². The summed E-state index contributed by atoms with van der Waals surface area (Å²) in [5.41, 5.74) is 5.68. The number of anilines is 1. The van der Waals surface area contributed by atoms with Gasteiger partial charge in [-0.25, -0.2) is 4.98 Å². The highest BCUT2D eigenvalue weighted by Crippen LogP contribution is 2.18. The van der Waals surface area contributed by atoms with Crippen molar-refractivity contribution >= 4 is 28.1 Å². The van der Waals surface area contributed by atoms with Crippen molar-refractivity contribution in [2.75, 3.05) is 45.1 Å². The summed E-state index contributed by atoms with van der Waals surface area (Å²) in [6.45, 7) is 6.87. The maximum Gasteiger partial charge on any atom is 0.180 e. The van der Waals surface area contributed by atoms with E-state index in [1.54, 1.807) is 11.3 Å². The smallest absolute Gasteiger partial charge is 0.180 e. The number of hydrogen-bond donors (Lipinski definition) is 1. The van der Waals surface area contributed by atoms with Crippen molar-refractivity contribution in [1.29, 1.82) is 0 Å². The van der Waals surface area contributed by atoms with E-state index in [1.165, 1.54) is 4.88 Å². The summed E-state index contributed by atoms with van der Waals surface area (Å²) in [4.78, 5) is 10.2. The topological polar surface area (TPSA) is 54.6 Å². The quantitative estimate of drug-likeness (QED) is 0.866. The Morgan fingerprint density at radius 1 is 1.13 bits per heavy atom. The van der Waals surface area contributed by atoms with Crippen molar-refractivity contribution in [2.24, 2.45) is 0 Å². The van der Waals surface area contributed by atoms with Crippen molar-refractivity contribution in [3.05, 3.63) is 40.4 Å². The highest BCUT2D eigenvalue weighted by molar-refractivity contribution is 7.15. The molecule has 0 unspecified atom stereocenters. The third-order valence-corrected chi connectivity index (χ3v) is 4.97. The summed E-state index contributed by atoms with van der Waals surface area (Å²) < 4.78 is 5.75. The largest absolute Gasteiger partial charge is 0.492 e. The molecule has 0 amide bonds. The highest BCUT2D eigenvalue weighted by Gasteiger charge is 2.17. The van der Waals surface area contributed by atoms with E-state index in [2.05, 4.69) is 14.8 Å². The Morgan fingerprint density at radius 2 is 1.83 bits per heavy atom. The molecule has 1 aromatic carbocycles. The van der Waals surface area contributed by atoms with E-state index in [-0.39, 0.29) is 0 Å². The van der Waals surface area contributed by atoms with E-state index in [0.29, 0.717) is 11.7 Å². The number of aromatic nitrogens is 1. The second-order valence-corrected chi connectivity index (χ2v) is 7.17. The second-order valence-electron chi connectivity index (χ2n) is 5.58. The van der Waals surface area contributed by atoms with Crippen LogP contribution in [-0.2, 0) is 6.54 Å². The predicted octanol–water partition coefficient (Wildman–Crippen LogP) is 2.58. The van der Waals surface area contributed by atoms with Gasteiger partial charge in [-0.2, -0.15) is 0 Å². The molecule has 5 nitrogen and oxygen atoms in total. The van der Waals surface area contributed by atoms with E-state index in [4.69, 9.17) is 22.1 Å². The van der Waals surface area contributed by atoms with Crippen LogP contribution in [0, 0.1) is 0 Å². The average molecular weight is 353 g/mol. The van der Waals surface area contributed by atoms with Gasteiger partial charge < -0.3 is 10.5 Å². The summed E-state index contributed by atoms with van der Waals surface area (Å²) in [5, 5.41) is 1.38. The maximum atomic E-state index is 5.86. The Hall–Kier alpha value is -1.34. The zero-order valence-corrected chi connectivity index (χ0v) is 14.5. The molecule has 2 N–H and O–H groups in total. The van der Waals surface area contributed by atoms with Gasteiger partial charge in [0.2, 0.25) is 0 Å². The van der Waals surface area contributed by atoms with Crippen LogP contribution in [0.3, 0.4) is 0 Å². The zero-order valence-electron chi connectivity index (χ0n) is 12.9. The lowest BCUT2D eigenvalue weighted by molar-refractivity contribution is 0.113. The number of nitrogens with zero attached hydrogens (tertiary/aromatic N) is 3. The fraction of sp³-hybridized carbons (Fsp3) is 0.438. The van der Waals surface area contributed by atoms with Gasteiger partial charge in [-0.1, -0.05) is 11.6 Å². The maximum absolute atomic E-state index is 5.86. The summed E-state index contributed by atoms with van der Waals surface area (Å²) in [6, 6.07) is 7.51. The molecule has 1 saturated heterocycles. The zero-order chi connectivity index (χ0) is 16.1. The lowest BCUT2D eigenvalue weighted by Crippen LogP contribution is -2.46. The van der Waals surface area contributed by atoms with Crippen molar-refractivity contribution in [2.45, 2.75) is 6.54 Å². The molecule has 1 aliphatic rings. The summed E-state index contributed by atoms with van der Waals surface area (Å²) >= 11 is 7.44. The van der Waals surface area contributed by atoms with E-state index < -0.39 is 0 Å². The molecule has 0 bridgehead atoms. The predicted molar refractivity (Wildman–Crippen MR) is 95.2 cm³/mol. The lowest BCUT2D eigenvalue weighted by atomic mass is 10.3. The van der Waals surface area contributed by atoms with E-state index in [1.807, 2.05) is 30.5 Å². The molecular formula is C16H21ClN4OS. The number of nitrogen functional groups attached to an aromatic ring is 1. The van der Waals surface area contributed by atoms with Crippen LogP contribution in [0.4, 0.5) is 5.13 Å². The Balaban J connectivity index is 1.35. The Kier molecular flexibility index (Phi) is 5.72. The monoisotopic (exact) mass is 352 g/mol. The standard InChI is InChI=1S/C16H21ClN4OS/c17-13-1-3-14(4-2-13)22-10-9-20-5-7-21(8-6-20)12-15-11-19-16(18)23-15/h1-4,11H,5-10,12H2,(H2,18,19). The van der Waals surface area contributed by atoms with Gasteiger partial charge in [-0.15, -0.1) is 11.3 Å². The van der Waals surface area contributed by atoms with Gasteiger partial charge in [0.1, 0.15) is 12.4 Å². The van der Waals surface area contributed by atoms with Crippen LogP contribution in [0.1, 0.15) is 4.88 Å². The molecule has 2 heterocycles. The molecule has 0 saturated carbocycles. The third kappa shape index (κ3) is 5.07. The Morgan fingerprint density at radius 3 is 2.48 bits per heavy atom. The van der Waals surface area contributed by atoms with Gasteiger partial charge in [0.05, 0.1) is 0 Å². The first kappa shape index (κ1) is 16.5. The van der Waals surface area contributed by atoms with E-state index >= 15 is 0 Å². The van der Waals surface area contributed by atoms with E-state index in [0.717, 1.165) is 50.0 Å². The van der Waals surface area contributed by atoms with E-state index in [9.17, 15) is 0 Å². The molecule has 2 aromatic rings. The van der Waals surface area contributed by atoms with Crippen LogP contribution in [0.25, 0.3) is 0 Å². The summed E-state index contributed by atoms with van der Waals surface area (Å²) in [5.74, 6) is 0.871. The summed E-state index contributed by atoms with van der Waals surface area (Å²) in [6.07, 6.45) is 1.88. The van der Waals surface area contributed by atoms with Gasteiger partial charge in [0.25, 0.3) is 0 Å². The SMILES string of the molecule is Nc1ncc(CN2CCN(CCOc3ccc(Cl)cc3)CC2)s1. The molecule has 1 aromatic heterocycles. The number of ether oxygens (including phenoxy) is 1. The molecular weight excluding hydrogens is 332 g/mol. The van der Waals surface area contributed by atoms with Crippen molar-refractivity contribution in [3.8, 4) is 5.75 Å². The third-order valence-electron chi connectivity index (χ3n) is 3.91. The first-order valence-corrected chi connectivity index (χ1v) is 8.92. The number of hydrogen-bond acceptors (Lipinski definition) is 6. The van der Waals surface area contributed by atoms with Crippen LogP contribution in [0.5, 0.6) is 5.75 Å². The molecule has 0 atom stereocenters. The van der Waals surface area contributed by atoms with Gasteiger partial charge in [0.15, 0.2) is 5.13 Å². The molecule has 1 aliphatic heterocycles. The molecule has 1 fully saturated rings. The van der Waals surface area contributed by atoms with Crippen molar-refractivity contribution in [1.82, 2.24) is 14.8 Å². The number of halogens is 1. The lowest BCUT2D eigenvalue weighted by Gasteiger charge is -2.34. The molecule has 23 heavy (non-hydrogen) atoms. The molecule has 7 heteroatoms. The Labute approximate surface area is 145 Å². The van der Waals surface area contributed by atoms with Crippen LogP contribution in [-0.4, -0.2) is 54.1 Å². The minimum atomic E-state index is 0.651. The normalized spacial score (nSPS) is 16.6. The first-order chi connectivity index (χ1) is 11.2. The van der Waals surface area contributed by atoms with Gasteiger partial charge in [-0.3, -0.25) is 9.80 Å². The number of benzene rings is 1. The number of thiazole rings is 1. The minimum absolute atomic E-state index is 0.651. The Bertz CT molecular complexity index is 611. The van der Waals surface area contributed by atoms with Crippen LogP contribution in [0.2, 0.25) is 5.02 Å². The number of piperazine rings is 1. The van der Waals surface area contributed by atoms with Gasteiger partial charge in [-0.05, 0) is 24.3 Å². The second kappa shape index (κ2) is 7.97. The number of nitrogens with two attached hydrogens (primary N) is 1. The van der Waals surface area contributed by atoms with Gasteiger partial charge >= 0.3 is 0 Å². The average Bonchev–Trinajstić information content (AvgIpc) is 2.96. The van der Waals surface area contributed by atoms with Crippen LogP contribution < -0.4 is 10.5 Å². The molecule has 0 aliphatic carbocycles. The molecule has 0 spiro atoms. The fourth-order valence-electron chi connectivity index (χ4n) is 2.61. The van der Waals surface area contributed by atoms with Gasteiger partial charge in [0, 0.05) is 55.4 Å². The molecule has 0 radical (unpaired) electrons. The molecule has 3 rings (SSSR count). The molecule has 124 valence electrons. The summed E-state index contributed by atoms with van der Waals surface area (Å²) in [7, 11) is 0. The highest BCUT2D eigenvalue weighted by atomic mass is 35.5. The first-order valence-electron chi connectivity index (χ1n) is 7.72. The van der Waals surface area contributed by atoms with Crippen molar-refractivity contribution in [3.63, 3.8) is 0 Å². The minimum Gasteiger partial charge on any atom is -0.492 e. The van der Waals surface area contributed by atoms with Crippen molar-refractivity contribution < 1.29 is 4.74 Å². The fourth-order valence-corrected chi connectivity index (χ4v) is 3.46.